The van der Waals surface area contributed by atoms with Crippen LogP contribution in [0, 0.1) is 0 Å². The molecule has 2 N–H and O–H groups in total. The Hall–Kier alpha value is -1.36. The van der Waals surface area contributed by atoms with Crippen LogP contribution in [0.5, 0.6) is 0 Å². The van der Waals surface area contributed by atoms with Crippen molar-refractivity contribution in [1.82, 2.24) is 19.2 Å². The summed E-state index contributed by atoms with van der Waals surface area (Å²) in [5, 5.41) is 4.49. The highest BCUT2D eigenvalue weighted by Crippen LogP contribution is 2.14. The summed E-state index contributed by atoms with van der Waals surface area (Å²) in [6, 6.07) is 0. The van der Waals surface area contributed by atoms with Gasteiger partial charge in [-0.25, -0.2) is 9.50 Å². The predicted octanol–water partition coefficient (Wildman–Crippen LogP) is 0.692. The zero-order chi connectivity index (χ0) is 11.0. The van der Waals surface area contributed by atoms with Crippen LogP contribution < -0.4 is 5.73 Å². The maximum Gasteiger partial charge on any atom is 0.232 e. The fourth-order valence-corrected chi connectivity index (χ4v) is 1.76. The standard InChI is InChI=1S/C10H17N5/c1-7(2)9-13-15-6-8(4-5-11)12-10(15)14(9)3/h6-7H,4-5,11H2,1-3H3. The van der Waals surface area contributed by atoms with Gasteiger partial charge >= 0.3 is 0 Å². The molecule has 0 atom stereocenters. The van der Waals surface area contributed by atoms with Gasteiger partial charge in [0.25, 0.3) is 0 Å². The normalized spacial score (nSPS) is 11.8. The molecule has 5 heteroatoms. The minimum Gasteiger partial charge on any atom is -0.330 e. The Morgan fingerprint density at radius 1 is 1.47 bits per heavy atom. The molecule has 0 bridgehead atoms. The topological polar surface area (TPSA) is 61.1 Å². The Balaban J connectivity index is 2.48. The molecule has 2 aromatic heterocycles. The van der Waals surface area contributed by atoms with Crippen molar-refractivity contribution in [1.29, 1.82) is 0 Å². The van der Waals surface area contributed by atoms with Gasteiger partial charge in [0.15, 0.2) is 0 Å². The Bertz CT molecular complexity index is 465. The maximum absolute atomic E-state index is 5.49. The average Bonchev–Trinajstić information content (AvgIpc) is 2.67. The number of nitrogens with zero attached hydrogens (tertiary/aromatic N) is 4. The van der Waals surface area contributed by atoms with E-state index in [1.165, 1.54) is 0 Å². The van der Waals surface area contributed by atoms with E-state index in [1.54, 1.807) is 0 Å². The lowest BCUT2D eigenvalue weighted by Gasteiger charge is -2.02. The molecule has 0 saturated heterocycles. The number of rotatable bonds is 3. The first-order valence-electron chi connectivity index (χ1n) is 5.24. The molecular weight excluding hydrogens is 190 g/mol. The summed E-state index contributed by atoms with van der Waals surface area (Å²) in [7, 11) is 2.00. The van der Waals surface area contributed by atoms with E-state index in [2.05, 4.69) is 23.9 Å². The predicted molar refractivity (Wildman–Crippen MR) is 58.8 cm³/mol. The number of nitrogens with two attached hydrogens (primary N) is 1. The molecule has 0 spiro atoms. The quantitative estimate of drug-likeness (QED) is 0.805. The molecule has 0 aromatic carbocycles. The molecule has 0 amide bonds. The molecule has 15 heavy (non-hydrogen) atoms. The van der Waals surface area contributed by atoms with E-state index >= 15 is 0 Å². The number of hydrogen-bond donors (Lipinski definition) is 1. The Kier molecular flexibility index (Phi) is 2.48. The van der Waals surface area contributed by atoms with E-state index < -0.39 is 0 Å². The Morgan fingerprint density at radius 2 is 2.20 bits per heavy atom. The van der Waals surface area contributed by atoms with Crippen molar-refractivity contribution in [2.75, 3.05) is 6.54 Å². The monoisotopic (exact) mass is 207 g/mol. The van der Waals surface area contributed by atoms with E-state index in [1.807, 2.05) is 22.3 Å². The SMILES string of the molecule is CC(C)c1nn2cc(CCN)nc2n1C. The second-order valence-electron chi connectivity index (χ2n) is 4.09. The summed E-state index contributed by atoms with van der Waals surface area (Å²) in [5.74, 6) is 2.36. The molecule has 0 aliphatic heterocycles. The minimum absolute atomic E-state index is 0.412. The molecule has 2 rings (SSSR count). The van der Waals surface area contributed by atoms with Crippen LogP contribution in [0.3, 0.4) is 0 Å². The molecule has 2 heterocycles. The van der Waals surface area contributed by atoms with Crippen LogP contribution in [0.1, 0.15) is 31.3 Å². The third-order valence-electron chi connectivity index (χ3n) is 2.49. The van der Waals surface area contributed by atoms with Gasteiger partial charge in [-0.3, -0.25) is 4.57 Å². The highest BCUT2D eigenvalue weighted by atomic mass is 15.4. The molecule has 2 aromatic rings. The average molecular weight is 207 g/mol. The molecule has 0 aliphatic carbocycles. The summed E-state index contributed by atoms with van der Waals surface area (Å²) >= 11 is 0. The molecule has 0 radical (unpaired) electrons. The van der Waals surface area contributed by atoms with Crippen LogP contribution >= 0.6 is 0 Å². The van der Waals surface area contributed by atoms with Gasteiger partial charge in [0.1, 0.15) is 5.82 Å². The van der Waals surface area contributed by atoms with Gasteiger partial charge in [-0.05, 0) is 6.54 Å². The molecule has 0 unspecified atom stereocenters. The van der Waals surface area contributed by atoms with Gasteiger partial charge in [-0.15, -0.1) is 0 Å². The van der Waals surface area contributed by atoms with Crippen molar-refractivity contribution in [2.45, 2.75) is 26.2 Å². The zero-order valence-electron chi connectivity index (χ0n) is 9.44. The minimum atomic E-state index is 0.412. The number of fused-ring (bicyclic) bond motifs is 1. The largest absolute Gasteiger partial charge is 0.330 e. The fraction of sp³-hybridized carbons (Fsp3) is 0.600. The molecular formula is C10H17N5. The van der Waals surface area contributed by atoms with Crippen LogP contribution in [0.15, 0.2) is 6.20 Å². The molecule has 5 nitrogen and oxygen atoms in total. The fourth-order valence-electron chi connectivity index (χ4n) is 1.76. The zero-order valence-corrected chi connectivity index (χ0v) is 9.44. The van der Waals surface area contributed by atoms with Crippen molar-refractivity contribution >= 4 is 5.78 Å². The number of aryl methyl sites for hydroxylation is 1. The van der Waals surface area contributed by atoms with Gasteiger partial charge in [-0.1, -0.05) is 13.8 Å². The maximum atomic E-state index is 5.49. The van der Waals surface area contributed by atoms with Crippen molar-refractivity contribution in [3.8, 4) is 0 Å². The lowest BCUT2D eigenvalue weighted by molar-refractivity contribution is 0.705. The third kappa shape index (κ3) is 1.63. The highest BCUT2D eigenvalue weighted by Gasteiger charge is 2.13. The van der Waals surface area contributed by atoms with E-state index in [9.17, 15) is 0 Å². The van der Waals surface area contributed by atoms with E-state index in [0.717, 1.165) is 23.7 Å². The van der Waals surface area contributed by atoms with Crippen molar-refractivity contribution in [2.24, 2.45) is 12.8 Å². The number of aromatic nitrogens is 4. The van der Waals surface area contributed by atoms with Crippen LogP contribution in [-0.2, 0) is 13.5 Å². The summed E-state index contributed by atoms with van der Waals surface area (Å²) < 4.78 is 3.87. The molecule has 82 valence electrons. The van der Waals surface area contributed by atoms with Crippen LogP contribution in [-0.4, -0.2) is 25.7 Å². The second-order valence-corrected chi connectivity index (χ2v) is 4.09. The molecule has 0 fully saturated rings. The van der Waals surface area contributed by atoms with Gasteiger partial charge in [0, 0.05) is 19.4 Å². The first-order chi connectivity index (χ1) is 7.13. The first kappa shape index (κ1) is 10.2. The highest BCUT2D eigenvalue weighted by molar-refractivity contribution is 5.32. The first-order valence-corrected chi connectivity index (χ1v) is 5.24. The van der Waals surface area contributed by atoms with Gasteiger partial charge < -0.3 is 5.73 Å². The van der Waals surface area contributed by atoms with E-state index in [0.29, 0.717) is 12.5 Å². The van der Waals surface area contributed by atoms with Crippen molar-refractivity contribution in [3.05, 3.63) is 17.7 Å². The van der Waals surface area contributed by atoms with Gasteiger partial charge in [-0.2, -0.15) is 5.10 Å². The number of imidazole rings is 1. The van der Waals surface area contributed by atoms with Crippen molar-refractivity contribution < 1.29 is 0 Å². The summed E-state index contributed by atoms with van der Waals surface area (Å²) in [4.78, 5) is 4.49. The Labute approximate surface area is 88.9 Å². The summed E-state index contributed by atoms with van der Waals surface area (Å²) in [6.07, 6.45) is 2.76. The Morgan fingerprint density at radius 3 is 2.73 bits per heavy atom. The molecule has 0 aliphatic rings. The van der Waals surface area contributed by atoms with Crippen molar-refractivity contribution in [3.63, 3.8) is 0 Å². The second kappa shape index (κ2) is 3.66. The molecule has 0 saturated carbocycles. The lowest BCUT2D eigenvalue weighted by Crippen LogP contribution is -2.04. The van der Waals surface area contributed by atoms with E-state index in [4.69, 9.17) is 5.73 Å². The number of hydrogen-bond acceptors (Lipinski definition) is 3. The van der Waals surface area contributed by atoms with Crippen LogP contribution in [0.4, 0.5) is 0 Å². The van der Waals surface area contributed by atoms with Gasteiger partial charge in [0.05, 0.1) is 11.9 Å². The van der Waals surface area contributed by atoms with Crippen LogP contribution in [0.2, 0.25) is 0 Å². The third-order valence-corrected chi connectivity index (χ3v) is 2.49. The van der Waals surface area contributed by atoms with E-state index in [-0.39, 0.29) is 0 Å². The summed E-state index contributed by atoms with van der Waals surface area (Å²) in [6.45, 7) is 4.88. The van der Waals surface area contributed by atoms with Crippen LogP contribution in [0.25, 0.3) is 5.78 Å². The lowest BCUT2D eigenvalue weighted by atomic mass is 10.2. The smallest absolute Gasteiger partial charge is 0.232 e. The van der Waals surface area contributed by atoms with Gasteiger partial charge in [0.2, 0.25) is 5.78 Å². The summed E-state index contributed by atoms with van der Waals surface area (Å²) in [5.41, 5.74) is 6.50.